The molecule has 4 heterocycles. The molecule has 0 N–H and O–H groups in total. The van der Waals surface area contributed by atoms with Crippen LogP contribution in [0.5, 0.6) is 0 Å². The van der Waals surface area contributed by atoms with Gasteiger partial charge in [0, 0.05) is 38.1 Å². The van der Waals surface area contributed by atoms with Gasteiger partial charge in [0.2, 0.25) is 5.91 Å². The largest absolute Gasteiger partial charge is 0.440 e. The van der Waals surface area contributed by atoms with E-state index in [2.05, 4.69) is 9.97 Å². The van der Waals surface area contributed by atoms with E-state index in [1.165, 1.54) is 0 Å². The SMILES string of the molecule is CC(=O)N1CCCC1c1nc(C)cc(N2CC3(CCOCC3)OC2=O)n1. The second-order valence-corrected chi connectivity index (χ2v) is 7.35. The van der Waals surface area contributed by atoms with Gasteiger partial charge < -0.3 is 14.4 Å². The molecule has 0 saturated carbocycles. The van der Waals surface area contributed by atoms with Crippen LogP contribution in [0.2, 0.25) is 0 Å². The van der Waals surface area contributed by atoms with Gasteiger partial charge in [-0.05, 0) is 19.8 Å². The van der Waals surface area contributed by atoms with Crippen molar-refractivity contribution in [2.24, 2.45) is 0 Å². The summed E-state index contributed by atoms with van der Waals surface area (Å²) in [4.78, 5) is 37.0. The van der Waals surface area contributed by atoms with Crippen LogP contribution in [-0.4, -0.2) is 58.8 Å². The van der Waals surface area contributed by atoms with Crippen LogP contribution in [0.4, 0.5) is 10.6 Å². The summed E-state index contributed by atoms with van der Waals surface area (Å²) in [5.74, 6) is 1.19. The molecule has 1 atom stereocenters. The van der Waals surface area contributed by atoms with Crippen molar-refractivity contribution in [1.29, 1.82) is 0 Å². The lowest BCUT2D eigenvalue weighted by molar-refractivity contribution is -0.129. The van der Waals surface area contributed by atoms with Gasteiger partial charge in [0.25, 0.3) is 0 Å². The summed E-state index contributed by atoms with van der Waals surface area (Å²) in [6, 6.07) is 1.68. The highest BCUT2D eigenvalue weighted by Gasteiger charge is 2.47. The Bertz CT molecular complexity index is 732. The van der Waals surface area contributed by atoms with Crippen LogP contribution in [-0.2, 0) is 14.3 Å². The van der Waals surface area contributed by atoms with Crippen LogP contribution >= 0.6 is 0 Å². The minimum Gasteiger partial charge on any atom is -0.440 e. The summed E-state index contributed by atoms with van der Waals surface area (Å²) in [6.45, 7) is 5.86. The zero-order valence-corrected chi connectivity index (χ0v) is 15.2. The Morgan fingerprint density at radius 2 is 2.08 bits per heavy atom. The fourth-order valence-corrected chi connectivity index (χ4v) is 4.08. The van der Waals surface area contributed by atoms with Gasteiger partial charge >= 0.3 is 6.09 Å². The second-order valence-electron chi connectivity index (χ2n) is 7.35. The zero-order chi connectivity index (χ0) is 18.3. The molecule has 1 aromatic heterocycles. The van der Waals surface area contributed by atoms with E-state index in [1.807, 2.05) is 6.92 Å². The van der Waals surface area contributed by atoms with Crippen molar-refractivity contribution in [2.45, 2.75) is 51.2 Å². The Kier molecular flexibility index (Phi) is 4.30. The average Bonchev–Trinajstić information content (AvgIpc) is 3.20. The van der Waals surface area contributed by atoms with Crippen molar-refractivity contribution in [3.05, 3.63) is 17.6 Å². The molecule has 8 heteroatoms. The molecule has 4 rings (SSSR count). The Hall–Kier alpha value is -2.22. The molecule has 140 valence electrons. The normalized spacial score (nSPS) is 25.0. The summed E-state index contributed by atoms with van der Waals surface area (Å²) >= 11 is 0. The van der Waals surface area contributed by atoms with E-state index in [0.717, 1.165) is 25.1 Å². The Labute approximate surface area is 152 Å². The van der Waals surface area contributed by atoms with E-state index in [0.29, 0.717) is 44.2 Å². The number of hydrogen-bond donors (Lipinski definition) is 0. The molecule has 3 saturated heterocycles. The predicted octanol–water partition coefficient (Wildman–Crippen LogP) is 1.97. The van der Waals surface area contributed by atoms with Crippen LogP contribution in [0.25, 0.3) is 0 Å². The van der Waals surface area contributed by atoms with Crippen molar-refractivity contribution >= 4 is 17.8 Å². The van der Waals surface area contributed by atoms with E-state index >= 15 is 0 Å². The van der Waals surface area contributed by atoms with Gasteiger partial charge in [-0.3, -0.25) is 9.69 Å². The van der Waals surface area contributed by atoms with Crippen LogP contribution < -0.4 is 4.90 Å². The van der Waals surface area contributed by atoms with E-state index < -0.39 is 5.60 Å². The minimum absolute atomic E-state index is 0.0286. The second kappa shape index (κ2) is 6.50. The zero-order valence-electron chi connectivity index (χ0n) is 15.2. The number of nitrogens with zero attached hydrogens (tertiary/aromatic N) is 4. The van der Waals surface area contributed by atoms with Gasteiger partial charge in [0.05, 0.1) is 25.8 Å². The molecule has 0 bridgehead atoms. The van der Waals surface area contributed by atoms with Crippen LogP contribution in [0.3, 0.4) is 0 Å². The minimum atomic E-state index is -0.479. The van der Waals surface area contributed by atoms with E-state index in [9.17, 15) is 9.59 Å². The number of ether oxygens (including phenoxy) is 2. The van der Waals surface area contributed by atoms with Gasteiger partial charge in [-0.1, -0.05) is 0 Å². The molecule has 0 aliphatic carbocycles. The smallest absolute Gasteiger partial charge is 0.416 e. The first-order valence-electron chi connectivity index (χ1n) is 9.18. The molecular formula is C18H24N4O4. The summed E-state index contributed by atoms with van der Waals surface area (Å²) < 4.78 is 11.1. The third kappa shape index (κ3) is 3.02. The summed E-state index contributed by atoms with van der Waals surface area (Å²) in [7, 11) is 0. The molecule has 8 nitrogen and oxygen atoms in total. The number of carbonyl (C=O) groups excluding carboxylic acids is 2. The first-order valence-corrected chi connectivity index (χ1v) is 9.18. The lowest BCUT2D eigenvalue weighted by Gasteiger charge is -2.30. The fourth-order valence-electron chi connectivity index (χ4n) is 4.08. The molecule has 3 fully saturated rings. The standard InChI is InChI=1S/C18H24N4O4/c1-12-10-15(20-16(19-12)14-4-3-7-21(14)13(2)23)22-11-18(26-17(22)24)5-8-25-9-6-18/h10,14H,3-9,11H2,1-2H3. The molecule has 3 aliphatic rings. The summed E-state index contributed by atoms with van der Waals surface area (Å²) in [5.41, 5.74) is 0.300. The number of aromatic nitrogens is 2. The van der Waals surface area contributed by atoms with Gasteiger partial charge in [0.15, 0.2) is 5.82 Å². The summed E-state index contributed by atoms with van der Waals surface area (Å²) in [5, 5.41) is 0. The lowest BCUT2D eigenvalue weighted by Crippen LogP contribution is -2.40. The van der Waals surface area contributed by atoms with E-state index in [-0.39, 0.29) is 18.0 Å². The molecule has 0 aromatic carbocycles. The monoisotopic (exact) mass is 360 g/mol. The molecular weight excluding hydrogens is 336 g/mol. The Morgan fingerprint density at radius 1 is 1.31 bits per heavy atom. The number of carbonyl (C=O) groups is 2. The summed E-state index contributed by atoms with van der Waals surface area (Å²) in [6.07, 6.45) is 2.81. The third-order valence-electron chi connectivity index (χ3n) is 5.46. The quantitative estimate of drug-likeness (QED) is 0.802. The highest BCUT2D eigenvalue weighted by atomic mass is 16.6. The van der Waals surface area contributed by atoms with Crippen molar-refractivity contribution in [3.63, 3.8) is 0 Å². The highest BCUT2D eigenvalue weighted by molar-refractivity contribution is 5.89. The van der Waals surface area contributed by atoms with Gasteiger partial charge in [-0.25, -0.2) is 14.8 Å². The lowest BCUT2D eigenvalue weighted by atomic mass is 9.94. The molecule has 3 aliphatic heterocycles. The maximum Gasteiger partial charge on any atom is 0.416 e. The van der Waals surface area contributed by atoms with Gasteiger partial charge in [0.1, 0.15) is 11.4 Å². The number of hydrogen-bond acceptors (Lipinski definition) is 6. The van der Waals surface area contributed by atoms with Crippen molar-refractivity contribution in [2.75, 3.05) is 31.2 Å². The van der Waals surface area contributed by atoms with E-state index in [4.69, 9.17) is 9.47 Å². The number of rotatable bonds is 2. The first-order chi connectivity index (χ1) is 12.5. The Morgan fingerprint density at radius 3 is 2.81 bits per heavy atom. The molecule has 1 spiro atoms. The van der Waals surface area contributed by atoms with Gasteiger partial charge in [-0.2, -0.15) is 0 Å². The van der Waals surface area contributed by atoms with Crippen molar-refractivity contribution in [1.82, 2.24) is 14.9 Å². The van der Waals surface area contributed by atoms with Crippen molar-refractivity contribution < 1.29 is 19.1 Å². The third-order valence-corrected chi connectivity index (χ3v) is 5.46. The molecule has 0 radical (unpaired) electrons. The van der Waals surface area contributed by atoms with Crippen molar-refractivity contribution in [3.8, 4) is 0 Å². The number of anilines is 1. The number of likely N-dealkylation sites (tertiary alicyclic amines) is 1. The molecule has 1 aromatic rings. The number of amides is 2. The fraction of sp³-hybridized carbons (Fsp3) is 0.667. The maximum atomic E-state index is 12.5. The molecule has 1 unspecified atom stereocenters. The van der Waals surface area contributed by atoms with Crippen LogP contribution in [0.1, 0.15) is 50.2 Å². The first kappa shape index (κ1) is 17.2. The van der Waals surface area contributed by atoms with E-state index in [1.54, 1.807) is 22.8 Å². The highest BCUT2D eigenvalue weighted by Crippen LogP contribution is 2.36. The van der Waals surface area contributed by atoms with Gasteiger partial charge in [-0.15, -0.1) is 0 Å². The molecule has 26 heavy (non-hydrogen) atoms. The van der Waals surface area contributed by atoms with Crippen LogP contribution in [0, 0.1) is 6.92 Å². The van der Waals surface area contributed by atoms with Crippen LogP contribution in [0.15, 0.2) is 6.07 Å². The predicted molar refractivity (Wildman–Crippen MR) is 92.7 cm³/mol. The topological polar surface area (TPSA) is 84.9 Å². The Balaban J connectivity index is 1.62. The maximum absolute atomic E-state index is 12.5. The molecule has 2 amide bonds. The number of aryl methyl sites for hydroxylation is 1. The average molecular weight is 360 g/mol.